The molecule has 0 fully saturated rings. The molecule has 0 unspecified atom stereocenters. The zero-order valence-corrected chi connectivity index (χ0v) is 14.2. The van der Waals surface area contributed by atoms with Crippen LogP contribution in [0.2, 0.25) is 0 Å². The number of unbranched alkanes of at least 4 members (excludes halogenated alkanes) is 2. The average Bonchev–Trinajstić information content (AvgIpc) is 3.28. The van der Waals surface area contributed by atoms with E-state index in [2.05, 4.69) is 49.2 Å². The largest absolute Gasteiger partial charge is 0.263 e. The fraction of sp³-hybridized carbons (Fsp3) is 0.471. The van der Waals surface area contributed by atoms with Gasteiger partial charge in [-0.25, -0.2) is 15.0 Å². The summed E-state index contributed by atoms with van der Waals surface area (Å²) in [4.78, 5) is 13.7. The van der Waals surface area contributed by atoms with Gasteiger partial charge in [0.15, 0.2) is 11.6 Å². The van der Waals surface area contributed by atoms with Gasteiger partial charge in [-0.1, -0.05) is 32.8 Å². The van der Waals surface area contributed by atoms with Crippen LogP contribution in [-0.4, -0.2) is 35.3 Å². The van der Waals surface area contributed by atoms with Crippen LogP contribution in [0.5, 0.6) is 0 Å². The summed E-state index contributed by atoms with van der Waals surface area (Å²) in [5, 5.41) is 14.5. The lowest BCUT2D eigenvalue weighted by Crippen LogP contribution is -1.92. The van der Waals surface area contributed by atoms with Gasteiger partial charge in [0.25, 0.3) is 0 Å². The summed E-state index contributed by atoms with van der Waals surface area (Å²) in [6.45, 7) is 4.32. The summed E-state index contributed by atoms with van der Waals surface area (Å²) in [6, 6.07) is 5.74. The van der Waals surface area contributed by atoms with Crippen LogP contribution in [0, 0.1) is 0 Å². The minimum atomic E-state index is 0.615. The number of hydrogen-bond donors (Lipinski definition) is 2. The quantitative estimate of drug-likeness (QED) is 0.662. The Morgan fingerprint density at radius 3 is 1.71 bits per heavy atom. The third kappa shape index (κ3) is 3.84. The van der Waals surface area contributed by atoms with Crippen molar-refractivity contribution in [2.75, 3.05) is 0 Å². The van der Waals surface area contributed by atoms with Gasteiger partial charge in [0.2, 0.25) is 0 Å². The van der Waals surface area contributed by atoms with Crippen molar-refractivity contribution in [3.63, 3.8) is 0 Å². The first-order valence-electron chi connectivity index (χ1n) is 8.60. The molecular weight excluding hydrogens is 302 g/mol. The smallest absolute Gasteiger partial charge is 0.199 e. The molecule has 0 amide bonds. The molecule has 3 aromatic heterocycles. The third-order valence-corrected chi connectivity index (χ3v) is 3.80. The summed E-state index contributed by atoms with van der Waals surface area (Å²) in [5.74, 6) is 3.03. The first-order chi connectivity index (χ1) is 11.8. The second-order valence-electron chi connectivity index (χ2n) is 5.83. The van der Waals surface area contributed by atoms with Crippen LogP contribution in [0.25, 0.3) is 23.0 Å². The molecule has 0 radical (unpaired) electrons. The highest BCUT2D eigenvalue weighted by molar-refractivity contribution is 5.56. The number of nitrogens with one attached hydrogen (secondary N) is 2. The number of nitrogens with zero attached hydrogens (tertiary/aromatic N) is 5. The van der Waals surface area contributed by atoms with Crippen LogP contribution in [0.15, 0.2) is 18.2 Å². The van der Waals surface area contributed by atoms with E-state index in [9.17, 15) is 0 Å². The van der Waals surface area contributed by atoms with E-state index >= 15 is 0 Å². The Kier molecular flexibility index (Phi) is 5.30. The summed E-state index contributed by atoms with van der Waals surface area (Å²) in [6.07, 6.45) is 6.28. The molecule has 0 aromatic carbocycles. The number of aromatic nitrogens is 7. The second-order valence-corrected chi connectivity index (χ2v) is 5.83. The number of pyridine rings is 1. The van der Waals surface area contributed by atoms with E-state index in [0.29, 0.717) is 11.6 Å². The predicted molar refractivity (Wildman–Crippen MR) is 92.2 cm³/mol. The molecule has 0 atom stereocenters. The van der Waals surface area contributed by atoms with Crippen LogP contribution in [0.1, 0.15) is 51.2 Å². The van der Waals surface area contributed by atoms with E-state index in [1.54, 1.807) is 0 Å². The lowest BCUT2D eigenvalue weighted by atomic mass is 10.2. The van der Waals surface area contributed by atoms with E-state index in [4.69, 9.17) is 0 Å². The van der Waals surface area contributed by atoms with E-state index in [-0.39, 0.29) is 0 Å². The Morgan fingerprint density at radius 2 is 1.25 bits per heavy atom. The first kappa shape index (κ1) is 16.3. The highest BCUT2D eigenvalue weighted by Crippen LogP contribution is 2.18. The standard InChI is InChI=1S/C17H23N7/c1-3-5-10-14-19-16(23-21-14)12-8-7-9-13(18-12)17-20-15(22-24-17)11-6-4-2/h7-9H,3-6,10-11H2,1-2H3,(H,19,21,23)(H,20,22,24). The SMILES string of the molecule is CCCCc1nc(-c2cccc(-c3n[nH]c(CCCC)n3)n2)n[nH]1. The number of rotatable bonds is 8. The molecule has 0 aliphatic carbocycles. The van der Waals surface area contributed by atoms with Crippen LogP contribution in [0.4, 0.5) is 0 Å². The van der Waals surface area contributed by atoms with E-state index in [1.807, 2.05) is 18.2 Å². The van der Waals surface area contributed by atoms with Crippen molar-refractivity contribution in [1.29, 1.82) is 0 Å². The van der Waals surface area contributed by atoms with Gasteiger partial charge in [0, 0.05) is 12.8 Å². The number of H-pyrrole nitrogens is 2. The molecule has 0 aliphatic heterocycles. The fourth-order valence-corrected chi connectivity index (χ4v) is 2.42. The van der Waals surface area contributed by atoms with Crippen molar-refractivity contribution in [2.24, 2.45) is 0 Å². The molecule has 24 heavy (non-hydrogen) atoms. The zero-order chi connectivity index (χ0) is 16.8. The first-order valence-corrected chi connectivity index (χ1v) is 8.60. The molecule has 3 rings (SSSR count). The van der Waals surface area contributed by atoms with Gasteiger partial charge in [-0.05, 0) is 25.0 Å². The fourth-order valence-electron chi connectivity index (χ4n) is 2.42. The highest BCUT2D eigenvalue weighted by atomic mass is 15.2. The monoisotopic (exact) mass is 325 g/mol. The topological polar surface area (TPSA) is 96.0 Å². The summed E-state index contributed by atoms with van der Waals surface area (Å²) >= 11 is 0. The Hall–Kier alpha value is -2.57. The van der Waals surface area contributed by atoms with Gasteiger partial charge >= 0.3 is 0 Å². The van der Waals surface area contributed by atoms with Gasteiger partial charge in [0.1, 0.15) is 23.0 Å². The van der Waals surface area contributed by atoms with Gasteiger partial charge in [-0.3, -0.25) is 10.2 Å². The molecule has 0 aliphatic rings. The minimum Gasteiger partial charge on any atom is -0.263 e. The Bertz CT molecular complexity index is 713. The maximum Gasteiger partial charge on any atom is 0.199 e. The third-order valence-electron chi connectivity index (χ3n) is 3.80. The molecule has 7 nitrogen and oxygen atoms in total. The molecule has 3 aromatic rings. The van der Waals surface area contributed by atoms with Crippen LogP contribution in [0.3, 0.4) is 0 Å². The highest BCUT2D eigenvalue weighted by Gasteiger charge is 2.11. The van der Waals surface area contributed by atoms with Crippen molar-refractivity contribution in [1.82, 2.24) is 35.3 Å². The van der Waals surface area contributed by atoms with Crippen LogP contribution in [-0.2, 0) is 12.8 Å². The van der Waals surface area contributed by atoms with Crippen molar-refractivity contribution in [3.05, 3.63) is 29.8 Å². The number of hydrogen-bond acceptors (Lipinski definition) is 5. The maximum atomic E-state index is 4.61. The van der Waals surface area contributed by atoms with Gasteiger partial charge in [-0.15, -0.1) is 0 Å². The molecule has 126 valence electrons. The van der Waals surface area contributed by atoms with Crippen molar-refractivity contribution in [2.45, 2.75) is 52.4 Å². The lowest BCUT2D eigenvalue weighted by molar-refractivity contribution is 0.756. The molecule has 0 bridgehead atoms. The molecule has 3 heterocycles. The Morgan fingerprint density at radius 1 is 0.750 bits per heavy atom. The normalized spacial score (nSPS) is 11.1. The molecule has 7 heteroatoms. The van der Waals surface area contributed by atoms with E-state index in [0.717, 1.165) is 61.6 Å². The van der Waals surface area contributed by atoms with Gasteiger partial charge < -0.3 is 0 Å². The average molecular weight is 325 g/mol. The lowest BCUT2D eigenvalue weighted by Gasteiger charge is -1.98. The van der Waals surface area contributed by atoms with Crippen molar-refractivity contribution in [3.8, 4) is 23.0 Å². The van der Waals surface area contributed by atoms with Gasteiger partial charge in [-0.2, -0.15) is 10.2 Å². The molecule has 0 spiro atoms. The molecule has 0 saturated carbocycles. The zero-order valence-electron chi connectivity index (χ0n) is 14.2. The molecule has 0 saturated heterocycles. The summed E-state index contributed by atoms with van der Waals surface area (Å²) in [7, 11) is 0. The van der Waals surface area contributed by atoms with Crippen molar-refractivity contribution < 1.29 is 0 Å². The van der Waals surface area contributed by atoms with Crippen LogP contribution < -0.4 is 0 Å². The Labute approximate surface area is 141 Å². The molecule has 2 N–H and O–H groups in total. The van der Waals surface area contributed by atoms with Gasteiger partial charge in [0.05, 0.1) is 0 Å². The predicted octanol–water partition coefficient (Wildman–Crippen LogP) is 3.34. The number of aryl methyl sites for hydroxylation is 2. The maximum absolute atomic E-state index is 4.61. The van der Waals surface area contributed by atoms with E-state index < -0.39 is 0 Å². The molecular formula is C17H23N7. The van der Waals surface area contributed by atoms with E-state index in [1.165, 1.54) is 0 Å². The number of aromatic amines is 2. The van der Waals surface area contributed by atoms with Crippen LogP contribution >= 0.6 is 0 Å². The second kappa shape index (κ2) is 7.81. The summed E-state index contributed by atoms with van der Waals surface area (Å²) in [5.41, 5.74) is 1.46. The Balaban J connectivity index is 1.78. The summed E-state index contributed by atoms with van der Waals surface area (Å²) < 4.78 is 0. The van der Waals surface area contributed by atoms with Crippen molar-refractivity contribution >= 4 is 0 Å². The minimum absolute atomic E-state index is 0.615.